The molecule has 0 bridgehead atoms. The molecule has 82 valence electrons. The maximum atomic E-state index is 11.2. The predicted molar refractivity (Wildman–Crippen MR) is 56.2 cm³/mol. The molecule has 2 rings (SSSR count). The molecule has 1 aliphatic rings. The Kier molecular flexibility index (Phi) is 2.97. The summed E-state index contributed by atoms with van der Waals surface area (Å²) in [7, 11) is 0. The van der Waals surface area contributed by atoms with E-state index in [0.29, 0.717) is 29.4 Å². The van der Waals surface area contributed by atoms with Gasteiger partial charge in [-0.05, 0) is 12.1 Å². The fourth-order valence-corrected chi connectivity index (χ4v) is 1.59. The summed E-state index contributed by atoms with van der Waals surface area (Å²) in [6.45, 7) is 0.353. The Labute approximate surface area is 97.3 Å². The van der Waals surface area contributed by atoms with E-state index in [0.717, 1.165) is 0 Å². The Morgan fingerprint density at radius 3 is 3.00 bits per heavy atom. The number of carbonyl (C=O) groups is 1. The summed E-state index contributed by atoms with van der Waals surface area (Å²) in [5.74, 6) is -0.0808. The summed E-state index contributed by atoms with van der Waals surface area (Å²) in [4.78, 5) is 11.2. The average molecular weight is 238 g/mol. The van der Waals surface area contributed by atoms with Crippen LogP contribution in [0.4, 0.5) is 0 Å². The molecular formula is C11H8ClNO3. The van der Waals surface area contributed by atoms with Crippen molar-refractivity contribution in [2.45, 2.75) is 12.5 Å². The summed E-state index contributed by atoms with van der Waals surface area (Å²) in [5.41, 5.74) is 0.351. The van der Waals surface area contributed by atoms with E-state index in [9.17, 15) is 4.79 Å². The predicted octanol–water partition coefficient (Wildman–Crippen LogP) is 1.91. The Morgan fingerprint density at radius 1 is 1.56 bits per heavy atom. The summed E-state index contributed by atoms with van der Waals surface area (Å²) in [6.07, 6.45) is -0.137. The second-order valence-corrected chi connectivity index (χ2v) is 3.75. The number of carbonyl (C=O) groups excluding carboxylic acids is 1. The van der Waals surface area contributed by atoms with Crippen LogP contribution in [0.3, 0.4) is 0 Å². The molecule has 1 saturated heterocycles. The molecule has 4 nitrogen and oxygen atoms in total. The summed E-state index contributed by atoms with van der Waals surface area (Å²) >= 11 is 5.79. The van der Waals surface area contributed by atoms with Crippen LogP contribution in [0, 0.1) is 11.3 Å². The quantitative estimate of drug-likeness (QED) is 0.738. The number of esters is 1. The van der Waals surface area contributed by atoms with Gasteiger partial charge < -0.3 is 9.47 Å². The van der Waals surface area contributed by atoms with Gasteiger partial charge in [0.25, 0.3) is 0 Å². The van der Waals surface area contributed by atoms with E-state index in [1.54, 1.807) is 12.1 Å². The number of cyclic esters (lactones) is 1. The number of rotatable bonds is 2. The third-order valence-corrected chi connectivity index (χ3v) is 2.46. The van der Waals surface area contributed by atoms with Crippen LogP contribution in [0.5, 0.6) is 5.75 Å². The van der Waals surface area contributed by atoms with E-state index in [1.807, 2.05) is 6.07 Å². The minimum atomic E-state index is -0.634. The maximum absolute atomic E-state index is 11.2. The lowest BCUT2D eigenvalue weighted by atomic mass is 10.2. The van der Waals surface area contributed by atoms with E-state index in [1.165, 1.54) is 6.07 Å². The van der Waals surface area contributed by atoms with Gasteiger partial charge in [0.05, 0.1) is 12.2 Å². The Morgan fingerprint density at radius 2 is 2.38 bits per heavy atom. The van der Waals surface area contributed by atoms with E-state index in [2.05, 4.69) is 0 Å². The lowest BCUT2D eigenvalue weighted by Crippen LogP contribution is -2.22. The molecule has 1 aromatic carbocycles. The SMILES string of the molecule is N#Cc1ccc(Cl)cc1OC1CCOC1=O. The van der Waals surface area contributed by atoms with E-state index in [-0.39, 0.29) is 0 Å². The third kappa shape index (κ3) is 2.10. The lowest BCUT2D eigenvalue weighted by molar-refractivity contribution is -0.143. The molecule has 1 heterocycles. The van der Waals surface area contributed by atoms with Crippen molar-refractivity contribution < 1.29 is 14.3 Å². The molecule has 0 spiro atoms. The molecule has 0 amide bonds. The second-order valence-electron chi connectivity index (χ2n) is 3.31. The number of hydrogen-bond donors (Lipinski definition) is 0. The van der Waals surface area contributed by atoms with E-state index in [4.69, 9.17) is 26.3 Å². The van der Waals surface area contributed by atoms with Crippen molar-refractivity contribution in [1.82, 2.24) is 0 Å². The molecule has 0 saturated carbocycles. The van der Waals surface area contributed by atoms with E-state index < -0.39 is 12.1 Å². The van der Waals surface area contributed by atoms with Crippen molar-refractivity contribution in [3.05, 3.63) is 28.8 Å². The summed E-state index contributed by atoms with van der Waals surface area (Å²) in [5, 5.41) is 9.32. The molecule has 0 radical (unpaired) electrons. The normalized spacial score (nSPS) is 19.0. The first kappa shape index (κ1) is 10.8. The molecule has 1 atom stereocenters. The second kappa shape index (κ2) is 4.42. The number of nitriles is 1. The van der Waals surface area contributed by atoms with Gasteiger partial charge in [-0.2, -0.15) is 5.26 Å². The van der Waals surface area contributed by atoms with Crippen LogP contribution in [0.2, 0.25) is 5.02 Å². The highest BCUT2D eigenvalue weighted by Crippen LogP contribution is 2.25. The van der Waals surface area contributed by atoms with Gasteiger partial charge in [0.1, 0.15) is 11.8 Å². The number of benzene rings is 1. The minimum Gasteiger partial charge on any atom is -0.477 e. The molecule has 0 N–H and O–H groups in total. The highest BCUT2D eigenvalue weighted by atomic mass is 35.5. The maximum Gasteiger partial charge on any atom is 0.347 e. The fourth-order valence-electron chi connectivity index (χ4n) is 1.42. The van der Waals surface area contributed by atoms with Crippen LogP contribution in [-0.2, 0) is 9.53 Å². The standard InChI is InChI=1S/C11H8ClNO3/c12-8-2-1-7(6-13)10(5-8)16-9-3-4-15-11(9)14/h1-2,5,9H,3-4H2. The Hall–Kier alpha value is -1.73. The van der Waals surface area contributed by atoms with Gasteiger partial charge in [-0.15, -0.1) is 0 Å². The van der Waals surface area contributed by atoms with Crippen LogP contribution in [0.25, 0.3) is 0 Å². The zero-order valence-electron chi connectivity index (χ0n) is 8.27. The fraction of sp³-hybridized carbons (Fsp3) is 0.273. The molecule has 1 unspecified atom stereocenters. The third-order valence-electron chi connectivity index (χ3n) is 2.22. The molecule has 1 aromatic rings. The first-order valence-electron chi connectivity index (χ1n) is 4.73. The topological polar surface area (TPSA) is 59.3 Å². The summed E-state index contributed by atoms with van der Waals surface area (Å²) in [6, 6.07) is 6.65. The van der Waals surface area contributed by atoms with Gasteiger partial charge in [0.2, 0.25) is 0 Å². The van der Waals surface area contributed by atoms with Gasteiger partial charge in [0, 0.05) is 17.5 Å². The van der Waals surface area contributed by atoms with E-state index >= 15 is 0 Å². The first-order chi connectivity index (χ1) is 7.70. The van der Waals surface area contributed by atoms with Crippen molar-refractivity contribution in [2.75, 3.05) is 6.61 Å². The van der Waals surface area contributed by atoms with Crippen molar-refractivity contribution in [3.8, 4) is 11.8 Å². The summed E-state index contributed by atoms with van der Waals surface area (Å²) < 4.78 is 10.2. The zero-order valence-corrected chi connectivity index (χ0v) is 9.03. The number of halogens is 1. The van der Waals surface area contributed by atoms with Crippen molar-refractivity contribution in [3.63, 3.8) is 0 Å². The molecule has 0 aliphatic carbocycles. The molecular weight excluding hydrogens is 230 g/mol. The monoisotopic (exact) mass is 237 g/mol. The Bertz CT molecular complexity index is 467. The van der Waals surface area contributed by atoms with Gasteiger partial charge in [-0.3, -0.25) is 0 Å². The Balaban J connectivity index is 2.23. The molecule has 0 aromatic heterocycles. The van der Waals surface area contributed by atoms with Gasteiger partial charge >= 0.3 is 5.97 Å². The molecule has 16 heavy (non-hydrogen) atoms. The van der Waals surface area contributed by atoms with Crippen LogP contribution in [-0.4, -0.2) is 18.7 Å². The van der Waals surface area contributed by atoms with Gasteiger partial charge in [-0.1, -0.05) is 11.6 Å². The largest absolute Gasteiger partial charge is 0.477 e. The first-order valence-corrected chi connectivity index (χ1v) is 5.11. The number of hydrogen-bond acceptors (Lipinski definition) is 4. The van der Waals surface area contributed by atoms with Gasteiger partial charge in [-0.25, -0.2) is 4.79 Å². The van der Waals surface area contributed by atoms with Crippen molar-refractivity contribution >= 4 is 17.6 Å². The molecule has 5 heteroatoms. The number of ether oxygens (including phenoxy) is 2. The van der Waals surface area contributed by atoms with Crippen LogP contribution < -0.4 is 4.74 Å². The van der Waals surface area contributed by atoms with Gasteiger partial charge in [0.15, 0.2) is 6.10 Å². The van der Waals surface area contributed by atoms with Crippen molar-refractivity contribution in [1.29, 1.82) is 5.26 Å². The van der Waals surface area contributed by atoms with Crippen LogP contribution in [0.1, 0.15) is 12.0 Å². The number of nitrogens with zero attached hydrogens (tertiary/aromatic N) is 1. The zero-order chi connectivity index (χ0) is 11.5. The lowest BCUT2D eigenvalue weighted by Gasteiger charge is -2.11. The van der Waals surface area contributed by atoms with Crippen LogP contribution in [0.15, 0.2) is 18.2 Å². The highest BCUT2D eigenvalue weighted by Gasteiger charge is 2.29. The van der Waals surface area contributed by atoms with Crippen molar-refractivity contribution in [2.24, 2.45) is 0 Å². The average Bonchev–Trinajstić information content (AvgIpc) is 2.65. The molecule has 1 fully saturated rings. The highest BCUT2D eigenvalue weighted by molar-refractivity contribution is 6.30. The smallest absolute Gasteiger partial charge is 0.347 e. The molecule has 1 aliphatic heterocycles. The van der Waals surface area contributed by atoms with Crippen LogP contribution >= 0.6 is 11.6 Å². The minimum absolute atomic E-state index is 0.318.